The van der Waals surface area contributed by atoms with Gasteiger partial charge in [-0.05, 0) is 18.9 Å². The van der Waals surface area contributed by atoms with Gasteiger partial charge < -0.3 is 5.32 Å². The van der Waals surface area contributed by atoms with Crippen LogP contribution in [0, 0.1) is 5.41 Å². The van der Waals surface area contributed by atoms with E-state index in [0.717, 1.165) is 6.54 Å². The van der Waals surface area contributed by atoms with Crippen molar-refractivity contribution in [1.82, 2.24) is 4.98 Å². The molecule has 1 aromatic rings. The first-order valence-electron chi connectivity index (χ1n) is 6.26. The summed E-state index contributed by atoms with van der Waals surface area (Å²) in [6.45, 7) is 0.824. The van der Waals surface area contributed by atoms with Crippen LogP contribution in [0.4, 0.5) is 5.82 Å². The molecule has 1 heterocycles. The largest absolute Gasteiger partial charge is 0.368 e. The molecule has 0 saturated heterocycles. The molecule has 0 radical (unpaired) electrons. The van der Waals surface area contributed by atoms with Crippen molar-refractivity contribution in [2.45, 2.75) is 32.1 Å². The Hall–Kier alpha value is -0.180. The van der Waals surface area contributed by atoms with E-state index in [9.17, 15) is 0 Å². The van der Waals surface area contributed by atoms with E-state index in [2.05, 4.69) is 10.3 Å². The molecule has 0 aromatic carbocycles. The Kier molecular flexibility index (Phi) is 4.99. The van der Waals surface area contributed by atoms with Gasteiger partial charge in [0.05, 0.1) is 10.0 Å². The van der Waals surface area contributed by atoms with Gasteiger partial charge in [0, 0.05) is 24.0 Å². The topological polar surface area (TPSA) is 24.9 Å². The molecule has 0 unspecified atom stereocenters. The highest BCUT2D eigenvalue weighted by Gasteiger charge is 2.31. The molecule has 2 rings (SSSR count). The summed E-state index contributed by atoms with van der Waals surface area (Å²) >= 11 is 18.1. The van der Waals surface area contributed by atoms with Crippen LogP contribution >= 0.6 is 34.8 Å². The van der Waals surface area contributed by atoms with E-state index >= 15 is 0 Å². The van der Waals surface area contributed by atoms with Gasteiger partial charge in [0.2, 0.25) is 0 Å². The molecule has 1 saturated carbocycles. The summed E-state index contributed by atoms with van der Waals surface area (Å²) in [6.07, 6.45) is 7.79. The zero-order valence-corrected chi connectivity index (χ0v) is 12.5. The molecule has 2 nitrogen and oxygen atoms in total. The fraction of sp³-hybridized carbons (Fsp3) is 0.615. The van der Waals surface area contributed by atoms with Gasteiger partial charge in [-0.1, -0.05) is 42.5 Å². The van der Waals surface area contributed by atoms with Crippen molar-refractivity contribution >= 4 is 40.6 Å². The first-order valence-corrected chi connectivity index (χ1v) is 7.55. The maximum Gasteiger partial charge on any atom is 0.144 e. The van der Waals surface area contributed by atoms with Gasteiger partial charge in [0.25, 0.3) is 0 Å². The number of alkyl halides is 1. The van der Waals surface area contributed by atoms with Crippen molar-refractivity contribution in [1.29, 1.82) is 0 Å². The standard InChI is InChI=1S/C13H17Cl3N2/c14-8-13(4-2-1-3-5-13)9-18-12-11(16)6-10(15)7-17-12/h6-7H,1-5,8-9H2,(H,17,18). The lowest BCUT2D eigenvalue weighted by molar-refractivity contribution is 0.238. The molecule has 0 atom stereocenters. The fourth-order valence-corrected chi connectivity index (χ4v) is 3.28. The molecule has 1 fully saturated rings. The number of nitrogens with zero attached hydrogens (tertiary/aromatic N) is 1. The Labute approximate surface area is 123 Å². The van der Waals surface area contributed by atoms with Gasteiger partial charge in [-0.3, -0.25) is 0 Å². The van der Waals surface area contributed by atoms with Crippen molar-refractivity contribution in [3.05, 3.63) is 22.3 Å². The second-order valence-corrected chi connectivity index (χ2v) is 6.14. The van der Waals surface area contributed by atoms with Crippen LogP contribution in [0.5, 0.6) is 0 Å². The number of pyridine rings is 1. The summed E-state index contributed by atoms with van der Waals surface area (Å²) in [7, 11) is 0. The Morgan fingerprint density at radius 3 is 2.56 bits per heavy atom. The zero-order chi connectivity index (χ0) is 13.0. The number of halogens is 3. The second kappa shape index (κ2) is 6.31. The molecular formula is C13H17Cl3N2. The molecule has 18 heavy (non-hydrogen) atoms. The van der Waals surface area contributed by atoms with Crippen molar-refractivity contribution in [2.24, 2.45) is 5.41 Å². The van der Waals surface area contributed by atoms with Crippen LogP contribution in [-0.4, -0.2) is 17.4 Å². The first-order chi connectivity index (χ1) is 8.65. The molecule has 1 aromatic heterocycles. The normalized spacial score (nSPS) is 18.6. The summed E-state index contributed by atoms with van der Waals surface area (Å²) in [4.78, 5) is 4.21. The highest BCUT2D eigenvalue weighted by Crippen LogP contribution is 2.37. The van der Waals surface area contributed by atoms with Crippen molar-refractivity contribution < 1.29 is 0 Å². The average Bonchev–Trinajstić information content (AvgIpc) is 2.39. The SMILES string of the molecule is ClCC1(CNc2ncc(Cl)cc2Cl)CCCCC1. The Bertz CT molecular complexity index is 403. The molecule has 0 spiro atoms. The highest BCUT2D eigenvalue weighted by molar-refractivity contribution is 6.35. The number of aromatic nitrogens is 1. The number of hydrogen-bond donors (Lipinski definition) is 1. The Morgan fingerprint density at radius 2 is 1.94 bits per heavy atom. The quantitative estimate of drug-likeness (QED) is 0.793. The van der Waals surface area contributed by atoms with Crippen molar-refractivity contribution in [3.63, 3.8) is 0 Å². The van der Waals surface area contributed by atoms with E-state index < -0.39 is 0 Å². The van der Waals surface area contributed by atoms with E-state index in [1.54, 1.807) is 12.3 Å². The molecule has 0 bridgehead atoms. The van der Waals surface area contributed by atoms with Gasteiger partial charge in [-0.15, -0.1) is 11.6 Å². The molecular weight excluding hydrogens is 291 g/mol. The fourth-order valence-electron chi connectivity index (χ4n) is 2.48. The third-order valence-electron chi connectivity index (χ3n) is 3.64. The Balaban J connectivity index is 2.01. The van der Waals surface area contributed by atoms with Gasteiger partial charge in [0.15, 0.2) is 0 Å². The molecule has 1 aliphatic carbocycles. The van der Waals surface area contributed by atoms with Crippen molar-refractivity contribution in [3.8, 4) is 0 Å². The van der Waals surface area contributed by atoms with Crippen molar-refractivity contribution in [2.75, 3.05) is 17.7 Å². The molecule has 5 heteroatoms. The average molecular weight is 308 g/mol. The summed E-state index contributed by atoms with van der Waals surface area (Å²) in [6, 6.07) is 1.70. The molecule has 100 valence electrons. The maximum atomic E-state index is 6.15. The molecule has 0 amide bonds. The molecule has 1 aliphatic rings. The minimum absolute atomic E-state index is 0.185. The van der Waals surface area contributed by atoms with Crippen LogP contribution in [0.3, 0.4) is 0 Å². The lowest BCUT2D eigenvalue weighted by atomic mass is 9.75. The smallest absolute Gasteiger partial charge is 0.144 e. The van der Waals surface area contributed by atoms with Gasteiger partial charge >= 0.3 is 0 Å². The predicted octanol–water partition coefficient (Wildman–Crippen LogP) is 4.99. The van der Waals surface area contributed by atoms with Crippen LogP contribution in [0.15, 0.2) is 12.3 Å². The summed E-state index contributed by atoms with van der Waals surface area (Å²) < 4.78 is 0. The molecule has 1 N–H and O–H groups in total. The van der Waals surface area contributed by atoms with E-state index in [1.807, 2.05) is 0 Å². The number of hydrogen-bond acceptors (Lipinski definition) is 2. The zero-order valence-electron chi connectivity index (χ0n) is 10.2. The van der Waals surface area contributed by atoms with Crippen LogP contribution in [0.2, 0.25) is 10.0 Å². The van der Waals surface area contributed by atoms with Crippen LogP contribution in [-0.2, 0) is 0 Å². The summed E-state index contributed by atoms with van der Waals surface area (Å²) in [5.41, 5.74) is 0.185. The number of nitrogens with one attached hydrogen (secondary N) is 1. The summed E-state index contributed by atoms with van der Waals surface area (Å²) in [5, 5.41) is 4.43. The second-order valence-electron chi connectivity index (χ2n) is 5.03. The lowest BCUT2D eigenvalue weighted by Crippen LogP contribution is -2.34. The van der Waals surface area contributed by atoms with Crippen LogP contribution < -0.4 is 5.32 Å². The van der Waals surface area contributed by atoms with Crippen LogP contribution in [0.25, 0.3) is 0 Å². The van der Waals surface area contributed by atoms with E-state index in [-0.39, 0.29) is 5.41 Å². The third kappa shape index (κ3) is 3.43. The van der Waals surface area contributed by atoms with E-state index in [4.69, 9.17) is 34.8 Å². The third-order valence-corrected chi connectivity index (χ3v) is 4.70. The first kappa shape index (κ1) is 14.2. The number of anilines is 1. The van der Waals surface area contributed by atoms with Crippen LogP contribution in [0.1, 0.15) is 32.1 Å². The predicted molar refractivity (Wildman–Crippen MR) is 79.0 cm³/mol. The number of rotatable bonds is 4. The highest BCUT2D eigenvalue weighted by atomic mass is 35.5. The van der Waals surface area contributed by atoms with Gasteiger partial charge in [-0.25, -0.2) is 4.98 Å². The maximum absolute atomic E-state index is 6.15. The minimum atomic E-state index is 0.185. The van der Waals surface area contributed by atoms with Gasteiger partial charge in [0.1, 0.15) is 5.82 Å². The minimum Gasteiger partial charge on any atom is -0.368 e. The summed E-state index contributed by atoms with van der Waals surface area (Å²) in [5.74, 6) is 1.38. The van der Waals surface area contributed by atoms with E-state index in [0.29, 0.717) is 21.7 Å². The van der Waals surface area contributed by atoms with E-state index in [1.165, 1.54) is 32.1 Å². The van der Waals surface area contributed by atoms with Gasteiger partial charge in [-0.2, -0.15) is 0 Å². The monoisotopic (exact) mass is 306 g/mol. The Morgan fingerprint density at radius 1 is 1.22 bits per heavy atom. The molecule has 0 aliphatic heterocycles. The lowest BCUT2D eigenvalue weighted by Gasteiger charge is -2.35.